The summed E-state index contributed by atoms with van der Waals surface area (Å²) < 4.78 is 1.18. The molecule has 2 N–H and O–H groups in total. The molecule has 5 rings (SSSR count). The molecule has 0 radical (unpaired) electrons. The predicted octanol–water partition coefficient (Wildman–Crippen LogP) is 5.52. The fraction of sp³-hybridized carbons (Fsp3) is 0.643. The molecule has 1 aromatic carbocycles. The van der Waals surface area contributed by atoms with Crippen molar-refractivity contribution in [2.24, 2.45) is 33.7 Å². The highest BCUT2D eigenvalue weighted by atomic mass is 127. The molecule has 1 amide bonds. The molecule has 6 atom stereocenters. The Kier molecular flexibility index (Phi) is 6.59. The van der Waals surface area contributed by atoms with Crippen LogP contribution in [-0.2, 0) is 4.79 Å². The van der Waals surface area contributed by atoms with E-state index in [0.717, 1.165) is 50.1 Å². The fourth-order valence-corrected chi connectivity index (χ4v) is 8.14. The number of carbonyl (C=O) groups excluding carboxylic acids is 1. The second-order valence-corrected chi connectivity index (χ2v) is 12.8. The Balaban J connectivity index is 1.26. The van der Waals surface area contributed by atoms with Gasteiger partial charge in [-0.3, -0.25) is 4.79 Å². The standard InChI is InChI=1S/C28H38IN3O2/c1-27-14-12-21(33)16-18(27)4-9-22-23-10-11-25(28(23,2)15-13-24(22)27)30-31-26(34)17-32(3)20-7-5-19(29)6-8-20/h4-8,21-24,33H,9-17H2,1-3H3,(H,31,34)/b30-25+/t21-,22-,23-,24-,27-,28-/m0/s1. The number of halogens is 1. The zero-order valence-electron chi connectivity index (χ0n) is 20.7. The minimum Gasteiger partial charge on any atom is -0.393 e. The number of likely N-dealkylation sites (N-methyl/N-ethyl adjacent to an activating group) is 1. The smallest absolute Gasteiger partial charge is 0.259 e. The molecule has 6 heteroatoms. The van der Waals surface area contributed by atoms with Gasteiger partial charge in [-0.15, -0.1) is 0 Å². The molecular formula is C28H38IN3O2. The molecule has 0 spiro atoms. The zero-order chi connectivity index (χ0) is 24.1. The van der Waals surface area contributed by atoms with Crippen LogP contribution in [-0.4, -0.2) is 36.4 Å². The molecule has 4 aliphatic rings. The third kappa shape index (κ3) is 4.23. The molecule has 0 unspecified atom stereocenters. The maximum atomic E-state index is 12.7. The van der Waals surface area contributed by atoms with E-state index in [4.69, 9.17) is 5.10 Å². The Hall–Kier alpha value is -1.41. The maximum Gasteiger partial charge on any atom is 0.259 e. The third-order valence-electron chi connectivity index (χ3n) is 9.78. The first-order chi connectivity index (χ1) is 16.2. The number of carbonyl (C=O) groups is 1. The summed E-state index contributed by atoms with van der Waals surface area (Å²) in [5, 5.41) is 15.0. The van der Waals surface area contributed by atoms with Gasteiger partial charge in [0, 0.05) is 27.4 Å². The van der Waals surface area contributed by atoms with E-state index in [0.29, 0.717) is 18.4 Å². The molecule has 0 bridgehead atoms. The summed E-state index contributed by atoms with van der Waals surface area (Å²) in [5.41, 5.74) is 6.99. The number of anilines is 1. The molecule has 34 heavy (non-hydrogen) atoms. The number of aliphatic hydroxyl groups excluding tert-OH is 1. The van der Waals surface area contributed by atoms with Crippen LogP contribution >= 0.6 is 22.6 Å². The maximum absolute atomic E-state index is 12.7. The van der Waals surface area contributed by atoms with Gasteiger partial charge in [0.2, 0.25) is 0 Å². The highest BCUT2D eigenvalue weighted by Crippen LogP contribution is 2.64. The minimum atomic E-state index is -0.150. The number of hydrogen-bond acceptors (Lipinski definition) is 4. The summed E-state index contributed by atoms with van der Waals surface area (Å²) in [4.78, 5) is 14.6. The summed E-state index contributed by atoms with van der Waals surface area (Å²) in [6.45, 7) is 5.16. The van der Waals surface area contributed by atoms with Gasteiger partial charge >= 0.3 is 0 Å². The predicted molar refractivity (Wildman–Crippen MR) is 146 cm³/mol. The number of fused-ring (bicyclic) bond motifs is 5. The number of aliphatic hydroxyl groups is 1. The lowest BCUT2D eigenvalue weighted by atomic mass is 9.48. The molecule has 184 valence electrons. The fourth-order valence-electron chi connectivity index (χ4n) is 7.78. The largest absolute Gasteiger partial charge is 0.393 e. The summed E-state index contributed by atoms with van der Waals surface area (Å²) in [6.07, 6.45) is 11.0. The SMILES string of the molecule is CN(CC(=O)N/N=C1\CC[C@H]2[C@@H]3CC=C4C[C@@H](O)CC[C@]4(C)[C@H]3CC[C@]12C)c1ccc(I)cc1. The van der Waals surface area contributed by atoms with Crippen molar-refractivity contribution in [1.82, 2.24) is 5.43 Å². The van der Waals surface area contributed by atoms with Crippen LogP contribution in [0.25, 0.3) is 0 Å². The van der Waals surface area contributed by atoms with Crippen LogP contribution in [0.4, 0.5) is 5.69 Å². The second kappa shape index (κ2) is 9.23. The number of hydrogen-bond donors (Lipinski definition) is 2. The van der Waals surface area contributed by atoms with Crippen molar-refractivity contribution in [2.45, 2.75) is 71.3 Å². The number of nitrogens with one attached hydrogen (secondary N) is 1. The van der Waals surface area contributed by atoms with E-state index in [9.17, 15) is 9.90 Å². The van der Waals surface area contributed by atoms with Crippen molar-refractivity contribution in [3.63, 3.8) is 0 Å². The quantitative estimate of drug-likeness (QED) is 0.282. The number of hydrazone groups is 1. The number of allylic oxidation sites excluding steroid dienone is 1. The Morgan fingerprint density at radius 2 is 1.85 bits per heavy atom. The van der Waals surface area contributed by atoms with Crippen molar-refractivity contribution in [2.75, 3.05) is 18.5 Å². The number of amides is 1. The van der Waals surface area contributed by atoms with Gasteiger partial charge in [-0.25, -0.2) is 5.43 Å². The topological polar surface area (TPSA) is 64.9 Å². The first-order valence-corrected chi connectivity index (χ1v) is 14.0. The van der Waals surface area contributed by atoms with Gasteiger partial charge in [-0.05, 0) is 121 Å². The van der Waals surface area contributed by atoms with E-state index < -0.39 is 0 Å². The lowest BCUT2D eigenvalue weighted by Crippen LogP contribution is -2.50. The van der Waals surface area contributed by atoms with Gasteiger partial charge < -0.3 is 10.0 Å². The van der Waals surface area contributed by atoms with Crippen LogP contribution in [0.1, 0.15) is 65.2 Å². The van der Waals surface area contributed by atoms with Gasteiger partial charge in [-0.1, -0.05) is 25.5 Å². The van der Waals surface area contributed by atoms with E-state index >= 15 is 0 Å². The van der Waals surface area contributed by atoms with Gasteiger partial charge in [0.25, 0.3) is 5.91 Å². The molecule has 3 fully saturated rings. The minimum absolute atomic E-state index is 0.0622. The van der Waals surface area contributed by atoms with Crippen molar-refractivity contribution in [3.8, 4) is 0 Å². The van der Waals surface area contributed by atoms with E-state index in [1.807, 2.05) is 24.1 Å². The zero-order valence-corrected chi connectivity index (χ0v) is 22.8. The molecule has 0 saturated heterocycles. The molecule has 0 aliphatic heterocycles. The molecular weight excluding hydrogens is 537 g/mol. The van der Waals surface area contributed by atoms with Crippen LogP contribution in [0.5, 0.6) is 0 Å². The molecule has 0 heterocycles. The Labute approximate surface area is 217 Å². The Bertz CT molecular complexity index is 1010. The second-order valence-electron chi connectivity index (χ2n) is 11.6. The highest BCUT2D eigenvalue weighted by Gasteiger charge is 2.57. The van der Waals surface area contributed by atoms with E-state index in [-0.39, 0.29) is 22.8 Å². The van der Waals surface area contributed by atoms with Crippen molar-refractivity contribution in [3.05, 3.63) is 39.5 Å². The molecule has 0 aromatic heterocycles. The summed E-state index contributed by atoms with van der Waals surface area (Å²) in [5.74, 6) is 1.98. The summed E-state index contributed by atoms with van der Waals surface area (Å²) in [6, 6.07) is 8.19. The van der Waals surface area contributed by atoms with Gasteiger partial charge in [0.1, 0.15) is 0 Å². The van der Waals surface area contributed by atoms with Gasteiger partial charge in [0.05, 0.1) is 12.6 Å². The number of benzene rings is 1. The Morgan fingerprint density at radius 1 is 1.15 bits per heavy atom. The van der Waals surface area contributed by atoms with Crippen LogP contribution in [0.15, 0.2) is 41.0 Å². The molecule has 4 aliphatic carbocycles. The van der Waals surface area contributed by atoms with Crippen LogP contribution in [0, 0.1) is 32.2 Å². The monoisotopic (exact) mass is 575 g/mol. The van der Waals surface area contributed by atoms with E-state index in [1.54, 1.807) is 0 Å². The van der Waals surface area contributed by atoms with Gasteiger partial charge in [-0.2, -0.15) is 5.10 Å². The summed E-state index contributed by atoms with van der Waals surface area (Å²) in [7, 11) is 1.94. The number of nitrogens with zero attached hydrogens (tertiary/aromatic N) is 2. The van der Waals surface area contributed by atoms with E-state index in [2.05, 4.69) is 60.1 Å². The average Bonchev–Trinajstić information content (AvgIpc) is 3.15. The highest BCUT2D eigenvalue weighted by molar-refractivity contribution is 14.1. The lowest BCUT2D eigenvalue weighted by molar-refractivity contribution is -0.119. The van der Waals surface area contributed by atoms with Gasteiger partial charge in [0.15, 0.2) is 0 Å². The number of rotatable bonds is 4. The normalized spacial score (nSPS) is 37.9. The average molecular weight is 576 g/mol. The lowest BCUT2D eigenvalue weighted by Gasteiger charge is -2.57. The van der Waals surface area contributed by atoms with Crippen molar-refractivity contribution in [1.29, 1.82) is 0 Å². The third-order valence-corrected chi connectivity index (χ3v) is 10.5. The van der Waals surface area contributed by atoms with Crippen LogP contribution in [0.2, 0.25) is 0 Å². The molecule has 3 saturated carbocycles. The van der Waals surface area contributed by atoms with Crippen molar-refractivity contribution >= 4 is 39.9 Å². The van der Waals surface area contributed by atoms with Crippen LogP contribution in [0.3, 0.4) is 0 Å². The van der Waals surface area contributed by atoms with Crippen LogP contribution < -0.4 is 10.3 Å². The van der Waals surface area contributed by atoms with E-state index in [1.165, 1.54) is 27.7 Å². The molecule has 1 aromatic rings. The van der Waals surface area contributed by atoms with Crippen molar-refractivity contribution < 1.29 is 9.90 Å². The Morgan fingerprint density at radius 3 is 2.62 bits per heavy atom. The summed E-state index contributed by atoms with van der Waals surface area (Å²) >= 11 is 2.29. The molecule has 5 nitrogen and oxygen atoms in total. The first kappa shape index (κ1) is 24.3. The first-order valence-electron chi connectivity index (χ1n) is 12.9.